The highest BCUT2D eigenvalue weighted by Crippen LogP contribution is 2.27. The van der Waals surface area contributed by atoms with E-state index < -0.39 is 0 Å². The van der Waals surface area contributed by atoms with Gasteiger partial charge >= 0.3 is 0 Å². The van der Waals surface area contributed by atoms with Gasteiger partial charge in [0.05, 0.1) is 5.52 Å². The van der Waals surface area contributed by atoms with Gasteiger partial charge in [0.2, 0.25) is 0 Å². The minimum absolute atomic E-state index is 0.552. The van der Waals surface area contributed by atoms with Crippen LogP contribution in [0.25, 0.3) is 10.9 Å². The lowest BCUT2D eigenvalue weighted by atomic mass is 10.1. The third-order valence-electron chi connectivity index (χ3n) is 5.37. The van der Waals surface area contributed by atoms with Gasteiger partial charge in [-0.25, -0.2) is 9.97 Å². The predicted molar refractivity (Wildman–Crippen MR) is 142 cm³/mol. The first kappa shape index (κ1) is 21.9. The maximum Gasteiger partial charge on any atom is 0.141 e. The second-order valence-corrected chi connectivity index (χ2v) is 8.78. The van der Waals surface area contributed by atoms with Crippen LogP contribution in [-0.4, -0.2) is 9.97 Å². The fourth-order valence-electron chi connectivity index (χ4n) is 3.66. The summed E-state index contributed by atoms with van der Waals surface area (Å²) in [4.78, 5) is 8.88. The molecule has 0 saturated heterocycles. The first-order valence-electron chi connectivity index (χ1n) is 11.0. The number of ether oxygens (including phenoxy) is 1. The molecule has 0 unspecified atom stereocenters. The van der Waals surface area contributed by atoms with Gasteiger partial charge in [-0.1, -0.05) is 64.5 Å². The Kier molecular flexibility index (Phi) is 6.68. The van der Waals surface area contributed by atoms with Gasteiger partial charge in [-0.2, -0.15) is 0 Å². The van der Waals surface area contributed by atoms with E-state index in [0.29, 0.717) is 13.2 Å². The van der Waals surface area contributed by atoms with E-state index >= 15 is 0 Å². The van der Waals surface area contributed by atoms with Gasteiger partial charge in [0, 0.05) is 27.8 Å². The molecule has 5 aromatic rings. The van der Waals surface area contributed by atoms with E-state index in [2.05, 4.69) is 66.9 Å². The van der Waals surface area contributed by atoms with Crippen LogP contribution in [0.15, 0.2) is 108 Å². The number of benzene rings is 4. The molecule has 2 N–H and O–H groups in total. The molecule has 168 valence electrons. The maximum atomic E-state index is 5.97. The molecule has 6 heteroatoms. The molecule has 4 aromatic carbocycles. The summed E-state index contributed by atoms with van der Waals surface area (Å²) in [5.74, 6) is 1.62. The van der Waals surface area contributed by atoms with E-state index in [1.165, 1.54) is 0 Å². The molecular formula is C28H23BrN4O. The van der Waals surface area contributed by atoms with Gasteiger partial charge in [0.15, 0.2) is 0 Å². The molecule has 5 rings (SSSR count). The normalized spacial score (nSPS) is 10.7. The van der Waals surface area contributed by atoms with Crippen LogP contribution < -0.4 is 15.4 Å². The molecule has 0 fully saturated rings. The maximum absolute atomic E-state index is 5.97. The van der Waals surface area contributed by atoms with E-state index in [9.17, 15) is 0 Å². The average molecular weight is 511 g/mol. The Morgan fingerprint density at radius 1 is 0.735 bits per heavy atom. The summed E-state index contributed by atoms with van der Waals surface area (Å²) in [5.41, 5.74) is 5.13. The van der Waals surface area contributed by atoms with Gasteiger partial charge in [0.1, 0.15) is 24.5 Å². The molecule has 1 heterocycles. The van der Waals surface area contributed by atoms with Crippen LogP contribution in [0.3, 0.4) is 0 Å². The number of hydrogen-bond acceptors (Lipinski definition) is 5. The second-order valence-electron chi connectivity index (χ2n) is 7.86. The first-order valence-corrected chi connectivity index (χ1v) is 11.8. The number of aromatic nitrogens is 2. The Morgan fingerprint density at radius 2 is 1.59 bits per heavy atom. The highest BCUT2D eigenvalue weighted by atomic mass is 79.9. The minimum Gasteiger partial charge on any atom is -0.489 e. The fraction of sp³-hybridized carbons (Fsp3) is 0.0714. The lowest BCUT2D eigenvalue weighted by Crippen LogP contribution is -2.01. The van der Waals surface area contributed by atoms with Crippen LogP contribution in [0, 0.1) is 0 Å². The molecule has 0 saturated carbocycles. The zero-order valence-electron chi connectivity index (χ0n) is 18.4. The highest BCUT2D eigenvalue weighted by Gasteiger charge is 2.07. The van der Waals surface area contributed by atoms with Gasteiger partial charge < -0.3 is 15.4 Å². The van der Waals surface area contributed by atoms with Crippen LogP contribution in [0.4, 0.5) is 17.2 Å². The second kappa shape index (κ2) is 10.4. The number of anilines is 3. The molecule has 0 aliphatic rings. The summed E-state index contributed by atoms with van der Waals surface area (Å²) in [5, 5.41) is 7.86. The van der Waals surface area contributed by atoms with Crippen molar-refractivity contribution in [2.45, 2.75) is 13.2 Å². The molecular weight excluding hydrogens is 488 g/mol. The fourth-order valence-corrected chi connectivity index (χ4v) is 4.06. The summed E-state index contributed by atoms with van der Waals surface area (Å²) in [6.07, 6.45) is 1.58. The number of nitrogens with zero attached hydrogens (tertiary/aromatic N) is 2. The Morgan fingerprint density at radius 3 is 2.47 bits per heavy atom. The Bertz CT molecular complexity index is 1410. The molecule has 0 spiro atoms. The number of hydrogen-bond donors (Lipinski definition) is 2. The standard InChI is InChI=1S/C28H23BrN4O/c29-22-9-5-10-24(15-22)33-28-26-16-23(12-13-27(26)31-19-32-28)30-17-21-8-4-11-25(14-21)34-18-20-6-2-1-3-7-20/h1-16,19,30H,17-18H2,(H,31,32,33). The number of nitrogens with one attached hydrogen (secondary N) is 2. The number of fused-ring (bicyclic) bond motifs is 1. The largest absolute Gasteiger partial charge is 0.489 e. The van der Waals surface area contributed by atoms with E-state index in [-0.39, 0.29) is 0 Å². The molecule has 0 bridgehead atoms. The highest BCUT2D eigenvalue weighted by molar-refractivity contribution is 9.10. The summed E-state index contributed by atoms with van der Waals surface area (Å²) in [6.45, 7) is 1.23. The quantitative estimate of drug-likeness (QED) is 0.229. The van der Waals surface area contributed by atoms with Crippen molar-refractivity contribution in [3.8, 4) is 5.75 Å². The van der Waals surface area contributed by atoms with Gasteiger partial charge in [-0.15, -0.1) is 0 Å². The molecule has 34 heavy (non-hydrogen) atoms. The van der Waals surface area contributed by atoms with Gasteiger partial charge in [-0.3, -0.25) is 0 Å². The summed E-state index contributed by atoms with van der Waals surface area (Å²) in [7, 11) is 0. The molecule has 0 aliphatic carbocycles. The lowest BCUT2D eigenvalue weighted by Gasteiger charge is -2.12. The first-order chi connectivity index (χ1) is 16.7. The van der Waals surface area contributed by atoms with Gasteiger partial charge in [-0.05, 0) is 59.7 Å². The summed E-state index contributed by atoms with van der Waals surface area (Å²) >= 11 is 3.51. The van der Waals surface area contributed by atoms with Crippen molar-refractivity contribution in [2.75, 3.05) is 10.6 Å². The van der Waals surface area contributed by atoms with Crippen molar-refractivity contribution in [3.05, 3.63) is 119 Å². The van der Waals surface area contributed by atoms with Crippen LogP contribution in [0.1, 0.15) is 11.1 Å². The summed E-state index contributed by atoms with van der Waals surface area (Å²) < 4.78 is 6.97. The van der Waals surface area contributed by atoms with Crippen LogP contribution in [0.2, 0.25) is 0 Å². The van der Waals surface area contributed by atoms with Crippen LogP contribution in [0.5, 0.6) is 5.75 Å². The van der Waals surface area contributed by atoms with E-state index in [4.69, 9.17) is 4.74 Å². The van der Waals surface area contributed by atoms with E-state index in [1.807, 2.05) is 66.7 Å². The zero-order valence-corrected chi connectivity index (χ0v) is 20.0. The third-order valence-corrected chi connectivity index (χ3v) is 5.86. The van der Waals surface area contributed by atoms with Crippen molar-refractivity contribution in [2.24, 2.45) is 0 Å². The van der Waals surface area contributed by atoms with Crippen molar-refractivity contribution < 1.29 is 4.74 Å². The molecule has 5 nitrogen and oxygen atoms in total. The van der Waals surface area contributed by atoms with Crippen LogP contribution >= 0.6 is 15.9 Å². The monoisotopic (exact) mass is 510 g/mol. The van der Waals surface area contributed by atoms with Crippen molar-refractivity contribution in [1.82, 2.24) is 9.97 Å². The average Bonchev–Trinajstić information content (AvgIpc) is 2.87. The summed E-state index contributed by atoms with van der Waals surface area (Å²) in [6, 6.07) is 32.5. The minimum atomic E-state index is 0.552. The van der Waals surface area contributed by atoms with Crippen molar-refractivity contribution in [3.63, 3.8) is 0 Å². The Balaban J connectivity index is 1.29. The predicted octanol–water partition coefficient (Wildman–Crippen LogP) is 7.33. The lowest BCUT2D eigenvalue weighted by molar-refractivity contribution is 0.306. The third kappa shape index (κ3) is 5.53. The number of rotatable bonds is 8. The molecule has 0 amide bonds. The molecule has 0 radical (unpaired) electrons. The van der Waals surface area contributed by atoms with Crippen LogP contribution in [-0.2, 0) is 13.2 Å². The molecule has 0 aliphatic heterocycles. The molecule has 1 aromatic heterocycles. The Labute approximate surface area is 207 Å². The zero-order chi connectivity index (χ0) is 23.2. The smallest absolute Gasteiger partial charge is 0.141 e. The van der Waals surface area contributed by atoms with Crippen molar-refractivity contribution in [1.29, 1.82) is 0 Å². The Hall–Kier alpha value is -3.90. The van der Waals surface area contributed by atoms with Crippen molar-refractivity contribution >= 4 is 44.0 Å². The SMILES string of the molecule is Brc1cccc(Nc2ncnc3ccc(NCc4cccc(OCc5ccccc5)c4)cc23)c1. The number of halogens is 1. The van der Waals surface area contributed by atoms with E-state index in [0.717, 1.165) is 49.4 Å². The topological polar surface area (TPSA) is 59.1 Å². The molecule has 0 atom stereocenters. The van der Waals surface area contributed by atoms with E-state index in [1.54, 1.807) is 6.33 Å². The van der Waals surface area contributed by atoms with Gasteiger partial charge in [0.25, 0.3) is 0 Å².